The Morgan fingerprint density at radius 1 is 1.33 bits per heavy atom. The van der Waals surface area contributed by atoms with Gasteiger partial charge in [-0.2, -0.15) is 0 Å². The van der Waals surface area contributed by atoms with Crippen LogP contribution in [-0.4, -0.2) is 29.4 Å². The second-order valence-corrected chi connectivity index (χ2v) is 6.02. The van der Waals surface area contributed by atoms with E-state index in [-0.39, 0.29) is 18.2 Å². The summed E-state index contributed by atoms with van der Waals surface area (Å²) >= 11 is 0. The average molecular weight is 336 g/mol. The summed E-state index contributed by atoms with van der Waals surface area (Å²) in [4.78, 5) is 34.7. The zero-order valence-corrected chi connectivity index (χ0v) is 13.5. The van der Waals surface area contributed by atoms with Gasteiger partial charge >= 0.3 is 5.97 Å². The van der Waals surface area contributed by atoms with Crippen molar-refractivity contribution in [1.82, 2.24) is 10.6 Å². The molecule has 1 saturated carbocycles. The van der Waals surface area contributed by atoms with Crippen molar-refractivity contribution in [3.05, 3.63) is 35.1 Å². The van der Waals surface area contributed by atoms with Gasteiger partial charge in [0.05, 0.1) is 0 Å². The van der Waals surface area contributed by atoms with Crippen LogP contribution in [0.4, 0.5) is 4.39 Å². The van der Waals surface area contributed by atoms with Gasteiger partial charge in [0.1, 0.15) is 5.82 Å². The molecule has 7 heteroatoms. The molecular formula is C17H21FN2O4. The highest BCUT2D eigenvalue weighted by Gasteiger charge is 2.29. The summed E-state index contributed by atoms with van der Waals surface area (Å²) in [6, 6.07) is 2.71. The second-order valence-electron chi connectivity index (χ2n) is 6.02. The van der Waals surface area contributed by atoms with Crippen LogP contribution in [0.3, 0.4) is 0 Å². The number of halogens is 1. The monoisotopic (exact) mass is 336 g/mol. The number of nitrogens with one attached hydrogen (secondary N) is 2. The molecule has 2 rings (SSSR count). The van der Waals surface area contributed by atoms with Crippen LogP contribution < -0.4 is 10.6 Å². The van der Waals surface area contributed by atoms with E-state index in [1.165, 1.54) is 25.1 Å². The van der Waals surface area contributed by atoms with E-state index in [9.17, 15) is 23.9 Å². The van der Waals surface area contributed by atoms with Crippen molar-refractivity contribution < 1.29 is 23.9 Å². The number of hydrogen-bond acceptors (Lipinski definition) is 3. The van der Waals surface area contributed by atoms with Crippen molar-refractivity contribution in [3.8, 4) is 0 Å². The zero-order valence-electron chi connectivity index (χ0n) is 13.5. The molecule has 0 radical (unpaired) electrons. The number of aryl methyl sites for hydroxylation is 1. The molecule has 0 saturated heterocycles. The van der Waals surface area contributed by atoms with E-state index < -0.39 is 23.7 Å². The van der Waals surface area contributed by atoms with Crippen molar-refractivity contribution in [2.24, 2.45) is 5.92 Å². The molecule has 0 heterocycles. The van der Waals surface area contributed by atoms with Gasteiger partial charge in [0, 0.05) is 18.9 Å². The summed E-state index contributed by atoms with van der Waals surface area (Å²) in [5.41, 5.74) is 0.632. The van der Waals surface area contributed by atoms with Crippen LogP contribution in [0.25, 0.3) is 0 Å². The van der Waals surface area contributed by atoms with Crippen molar-refractivity contribution in [2.45, 2.75) is 38.6 Å². The first kappa shape index (κ1) is 17.9. The quantitative estimate of drug-likeness (QED) is 0.630. The molecule has 1 aromatic rings. The summed E-state index contributed by atoms with van der Waals surface area (Å²) in [5.74, 6) is -1.93. The third-order valence-corrected chi connectivity index (χ3v) is 3.90. The molecule has 1 aliphatic rings. The normalized spacial score (nSPS) is 14.8. The van der Waals surface area contributed by atoms with Crippen molar-refractivity contribution >= 4 is 17.8 Å². The van der Waals surface area contributed by atoms with E-state index in [1.807, 2.05) is 0 Å². The van der Waals surface area contributed by atoms with Gasteiger partial charge in [-0.1, -0.05) is 12.1 Å². The maximum absolute atomic E-state index is 13.3. The molecule has 2 amide bonds. The molecule has 24 heavy (non-hydrogen) atoms. The summed E-state index contributed by atoms with van der Waals surface area (Å²) < 4.78 is 13.3. The molecule has 6 nitrogen and oxygen atoms in total. The van der Waals surface area contributed by atoms with Gasteiger partial charge in [0.15, 0.2) is 6.04 Å². The number of carbonyl (C=O) groups is 3. The Balaban J connectivity index is 1.83. The fourth-order valence-electron chi connectivity index (χ4n) is 2.32. The lowest BCUT2D eigenvalue weighted by Crippen LogP contribution is -2.34. The van der Waals surface area contributed by atoms with Crippen LogP contribution in [0, 0.1) is 18.7 Å². The highest BCUT2D eigenvalue weighted by molar-refractivity contribution is 5.84. The number of hydrogen-bond donors (Lipinski definition) is 3. The van der Waals surface area contributed by atoms with Crippen LogP contribution in [-0.2, 0) is 14.4 Å². The maximum Gasteiger partial charge on any atom is 0.330 e. The molecule has 0 aliphatic heterocycles. The van der Waals surface area contributed by atoms with Gasteiger partial charge in [-0.15, -0.1) is 0 Å². The number of benzene rings is 1. The van der Waals surface area contributed by atoms with E-state index in [1.54, 1.807) is 0 Å². The molecule has 1 atom stereocenters. The van der Waals surface area contributed by atoms with Crippen LogP contribution in [0.1, 0.15) is 42.9 Å². The third kappa shape index (κ3) is 5.04. The van der Waals surface area contributed by atoms with Crippen LogP contribution in [0.15, 0.2) is 18.2 Å². The molecule has 1 unspecified atom stereocenters. The minimum Gasteiger partial charge on any atom is -0.479 e. The van der Waals surface area contributed by atoms with Crippen molar-refractivity contribution in [2.75, 3.05) is 6.54 Å². The Kier molecular flexibility index (Phi) is 5.89. The van der Waals surface area contributed by atoms with Gasteiger partial charge in [0.25, 0.3) is 0 Å². The first-order valence-corrected chi connectivity index (χ1v) is 7.94. The van der Waals surface area contributed by atoms with E-state index in [2.05, 4.69) is 10.6 Å². The van der Waals surface area contributed by atoms with E-state index in [0.29, 0.717) is 24.1 Å². The van der Waals surface area contributed by atoms with Crippen LogP contribution in [0.2, 0.25) is 0 Å². The molecule has 1 aromatic carbocycles. The Labute approximate surface area is 139 Å². The third-order valence-electron chi connectivity index (χ3n) is 3.90. The minimum atomic E-state index is -1.22. The predicted molar refractivity (Wildman–Crippen MR) is 84.6 cm³/mol. The average Bonchev–Trinajstić information content (AvgIpc) is 3.36. The van der Waals surface area contributed by atoms with E-state index >= 15 is 0 Å². The molecule has 3 N–H and O–H groups in total. The fourth-order valence-corrected chi connectivity index (χ4v) is 2.32. The molecular weight excluding hydrogens is 315 g/mol. The highest BCUT2D eigenvalue weighted by Crippen LogP contribution is 2.28. The minimum absolute atomic E-state index is 0.0145. The molecule has 0 spiro atoms. The van der Waals surface area contributed by atoms with E-state index in [4.69, 9.17) is 0 Å². The SMILES string of the molecule is Cc1cc(C(NC(=O)CCCNC(=O)C2CC2)C(=O)O)ccc1F. The molecule has 1 fully saturated rings. The largest absolute Gasteiger partial charge is 0.479 e. The molecule has 0 bridgehead atoms. The Bertz CT molecular complexity index is 643. The first-order valence-electron chi connectivity index (χ1n) is 7.94. The number of carboxylic acids is 1. The van der Waals surface area contributed by atoms with E-state index in [0.717, 1.165) is 12.8 Å². The van der Waals surface area contributed by atoms with Gasteiger partial charge in [-0.25, -0.2) is 9.18 Å². The molecule has 0 aromatic heterocycles. The van der Waals surface area contributed by atoms with Gasteiger partial charge in [-0.05, 0) is 43.4 Å². The number of aliphatic carboxylic acids is 1. The number of rotatable bonds is 8. The van der Waals surface area contributed by atoms with Gasteiger partial charge in [-0.3, -0.25) is 9.59 Å². The lowest BCUT2D eigenvalue weighted by Gasteiger charge is -2.16. The number of amides is 2. The lowest BCUT2D eigenvalue weighted by atomic mass is 10.0. The Morgan fingerprint density at radius 3 is 2.62 bits per heavy atom. The van der Waals surface area contributed by atoms with Gasteiger partial charge in [0.2, 0.25) is 11.8 Å². The van der Waals surface area contributed by atoms with Gasteiger partial charge < -0.3 is 15.7 Å². The lowest BCUT2D eigenvalue weighted by molar-refractivity contribution is -0.142. The molecule has 1 aliphatic carbocycles. The summed E-state index contributed by atoms with van der Waals surface area (Å²) in [6.45, 7) is 1.91. The first-order chi connectivity index (χ1) is 11.4. The zero-order chi connectivity index (χ0) is 17.7. The van der Waals surface area contributed by atoms with Crippen molar-refractivity contribution in [1.29, 1.82) is 0 Å². The summed E-state index contributed by atoms with van der Waals surface area (Å²) in [6.07, 6.45) is 2.38. The smallest absolute Gasteiger partial charge is 0.330 e. The summed E-state index contributed by atoms with van der Waals surface area (Å²) in [7, 11) is 0. The standard InChI is InChI=1S/C17H21FN2O4/c1-10-9-12(6-7-13(10)18)15(17(23)24)20-14(21)3-2-8-19-16(22)11-4-5-11/h6-7,9,11,15H,2-5,8H2,1H3,(H,19,22)(H,20,21)(H,23,24). The fraction of sp³-hybridized carbons (Fsp3) is 0.471. The second kappa shape index (κ2) is 7.90. The maximum atomic E-state index is 13.3. The highest BCUT2D eigenvalue weighted by atomic mass is 19.1. The Morgan fingerprint density at radius 2 is 2.04 bits per heavy atom. The predicted octanol–water partition coefficient (Wildman–Crippen LogP) is 1.68. The Hall–Kier alpha value is -2.44. The van der Waals surface area contributed by atoms with Crippen LogP contribution >= 0.6 is 0 Å². The topological polar surface area (TPSA) is 95.5 Å². The van der Waals surface area contributed by atoms with Crippen LogP contribution in [0.5, 0.6) is 0 Å². The summed E-state index contributed by atoms with van der Waals surface area (Å²) in [5, 5.41) is 14.5. The number of carboxylic acid groups (broad SMARTS) is 1. The van der Waals surface area contributed by atoms with Crippen molar-refractivity contribution in [3.63, 3.8) is 0 Å². The molecule has 130 valence electrons. The number of carbonyl (C=O) groups excluding carboxylic acids is 2.